The summed E-state index contributed by atoms with van der Waals surface area (Å²) >= 11 is 0. The lowest BCUT2D eigenvalue weighted by molar-refractivity contribution is -0.121. The maximum absolute atomic E-state index is 12.1. The van der Waals surface area contributed by atoms with Crippen LogP contribution >= 0.6 is 0 Å². The maximum atomic E-state index is 12.1. The molecule has 3 rings (SSSR count). The minimum atomic E-state index is -0.0511. The van der Waals surface area contributed by atoms with E-state index in [1.807, 2.05) is 6.92 Å². The molecule has 6 heteroatoms. The zero-order chi connectivity index (χ0) is 17.6. The second kappa shape index (κ2) is 7.79. The molecule has 0 spiro atoms. The molecule has 0 saturated heterocycles. The molecular weight excluding hydrogens is 318 g/mol. The summed E-state index contributed by atoms with van der Waals surface area (Å²) in [5, 5.41) is 6.84. The summed E-state index contributed by atoms with van der Waals surface area (Å²) in [7, 11) is 0. The highest BCUT2D eigenvalue weighted by atomic mass is 16.5. The summed E-state index contributed by atoms with van der Waals surface area (Å²) in [4.78, 5) is 16.4. The van der Waals surface area contributed by atoms with Crippen molar-refractivity contribution >= 4 is 5.91 Å². The summed E-state index contributed by atoms with van der Waals surface area (Å²) in [6.07, 6.45) is 3.23. The van der Waals surface area contributed by atoms with Gasteiger partial charge < -0.3 is 14.3 Å². The molecule has 1 aromatic carbocycles. The van der Waals surface area contributed by atoms with Gasteiger partial charge in [-0.15, -0.1) is 0 Å². The molecule has 0 fully saturated rings. The largest absolute Gasteiger partial charge is 0.461 e. The van der Waals surface area contributed by atoms with Crippen LogP contribution in [0.15, 0.2) is 51.6 Å². The standard InChI is InChI=1S/C19H21N3O3/c1-3-14-6-8-15(9-7-14)13(2)20-17(23)10-11-18-21-19(22-25-18)16-5-4-12-24-16/h4-9,12-13H,3,10-11H2,1-2H3,(H,20,23). The van der Waals surface area contributed by atoms with Gasteiger partial charge in [0.2, 0.25) is 17.6 Å². The summed E-state index contributed by atoms with van der Waals surface area (Å²) in [6, 6.07) is 11.8. The van der Waals surface area contributed by atoms with E-state index < -0.39 is 0 Å². The molecule has 1 amide bonds. The molecule has 0 aliphatic heterocycles. The van der Waals surface area contributed by atoms with E-state index in [1.165, 1.54) is 5.56 Å². The Kier molecular flexibility index (Phi) is 5.28. The Morgan fingerprint density at radius 2 is 2.04 bits per heavy atom. The first-order valence-corrected chi connectivity index (χ1v) is 8.40. The van der Waals surface area contributed by atoms with Crippen LogP contribution in [-0.2, 0) is 17.6 Å². The SMILES string of the molecule is CCc1ccc(C(C)NC(=O)CCc2nc(-c3ccco3)no2)cc1. The summed E-state index contributed by atoms with van der Waals surface area (Å²) in [5.74, 6) is 1.31. The van der Waals surface area contributed by atoms with Crippen molar-refractivity contribution in [2.45, 2.75) is 39.2 Å². The van der Waals surface area contributed by atoms with E-state index >= 15 is 0 Å². The fourth-order valence-corrected chi connectivity index (χ4v) is 2.52. The second-order valence-electron chi connectivity index (χ2n) is 5.87. The van der Waals surface area contributed by atoms with Crippen LogP contribution in [0.25, 0.3) is 11.6 Å². The van der Waals surface area contributed by atoms with Crippen molar-refractivity contribution in [3.05, 3.63) is 59.7 Å². The first-order chi connectivity index (χ1) is 12.2. The molecule has 1 atom stereocenters. The number of hydrogen-bond acceptors (Lipinski definition) is 5. The van der Waals surface area contributed by atoms with Gasteiger partial charge in [-0.1, -0.05) is 36.3 Å². The monoisotopic (exact) mass is 339 g/mol. The Bertz CT molecular complexity index is 807. The molecule has 1 unspecified atom stereocenters. The fourth-order valence-electron chi connectivity index (χ4n) is 2.52. The number of hydrogen-bond donors (Lipinski definition) is 1. The van der Waals surface area contributed by atoms with Crippen LogP contribution in [0.2, 0.25) is 0 Å². The van der Waals surface area contributed by atoms with Gasteiger partial charge in [0, 0.05) is 12.8 Å². The normalized spacial score (nSPS) is 12.1. The lowest BCUT2D eigenvalue weighted by atomic mass is 10.0. The number of benzene rings is 1. The lowest BCUT2D eigenvalue weighted by Crippen LogP contribution is -2.26. The highest BCUT2D eigenvalue weighted by molar-refractivity contribution is 5.76. The lowest BCUT2D eigenvalue weighted by Gasteiger charge is -2.14. The number of aromatic nitrogens is 2. The summed E-state index contributed by atoms with van der Waals surface area (Å²) in [5.41, 5.74) is 2.37. The highest BCUT2D eigenvalue weighted by Crippen LogP contribution is 2.17. The Morgan fingerprint density at radius 1 is 1.24 bits per heavy atom. The van der Waals surface area contributed by atoms with E-state index in [1.54, 1.807) is 18.4 Å². The number of rotatable bonds is 7. The van der Waals surface area contributed by atoms with Gasteiger partial charge in [-0.25, -0.2) is 0 Å². The molecule has 2 aromatic heterocycles. The predicted octanol–water partition coefficient (Wildman–Crippen LogP) is 3.70. The molecule has 0 aliphatic rings. The topological polar surface area (TPSA) is 81.2 Å². The first kappa shape index (κ1) is 17.0. The molecule has 0 aliphatic carbocycles. The Labute approximate surface area is 146 Å². The number of aryl methyl sites for hydroxylation is 2. The molecule has 3 aromatic rings. The highest BCUT2D eigenvalue weighted by Gasteiger charge is 2.14. The number of nitrogens with one attached hydrogen (secondary N) is 1. The number of nitrogens with zero attached hydrogens (tertiary/aromatic N) is 2. The summed E-state index contributed by atoms with van der Waals surface area (Å²) in [6.45, 7) is 4.09. The van der Waals surface area contributed by atoms with Gasteiger partial charge >= 0.3 is 0 Å². The van der Waals surface area contributed by atoms with Crippen molar-refractivity contribution in [1.29, 1.82) is 0 Å². The van der Waals surface area contributed by atoms with Crippen molar-refractivity contribution in [2.24, 2.45) is 0 Å². The maximum Gasteiger partial charge on any atom is 0.238 e. The van der Waals surface area contributed by atoms with Gasteiger partial charge in [-0.3, -0.25) is 4.79 Å². The van der Waals surface area contributed by atoms with Crippen LogP contribution in [0.1, 0.15) is 43.3 Å². The molecular formula is C19H21N3O3. The quantitative estimate of drug-likeness (QED) is 0.710. The van der Waals surface area contributed by atoms with Gasteiger partial charge in [0.05, 0.1) is 12.3 Å². The molecule has 0 saturated carbocycles. The zero-order valence-corrected chi connectivity index (χ0v) is 14.4. The third-order valence-electron chi connectivity index (χ3n) is 4.04. The fraction of sp³-hybridized carbons (Fsp3) is 0.316. The van der Waals surface area contributed by atoms with E-state index in [0.29, 0.717) is 23.9 Å². The van der Waals surface area contributed by atoms with Crippen LogP contribution in [0.4, 0.5) is 0 Å². The van der Waals surface area contributed by atoms with Crippen molar-refractivity contribution in [3.63, 3.8) is 0 Å². The van der Waals surface area contributed by atoms with Gasteiger partial charge in [-0.05, 0) is 36.6 Å². The molecule has 2 heterocycles. The minimum Gasteiger partial charge on any atom is -0.461 e. The van der Waals surface area contributed by atoms with Crippen molar-refractivity contribution in [3.8, 4) is 11.6 Å². The van der Waals surface area contributed by atoms with E-state index in [4.69, 9.17) is 8.94 Å². The van der Waals surface area contributed by atoms with Crippen LogP contribution in [-0.4, -0.2) is 16.0 Å². The molecule has 25 heavy (non-hydrogen) atoms. The number of amides is 1. The minimum absolute atomic E-state index is 0.0419. The van der Waals surface area contributed by atoms with Crippen molar-refractivity contribution in [2.75, 3.05) is 0 Å². The molecule has 130 valence electrons. The molecule has 1 N–H and O–H groups in total. The average molecular weight is 339 g/mol. The third kappa shape index (κ3) is 4.35. The third-order valence-corrected chi connectivity index (χ3v) is 4.04. The Hall–Kier alpha value is -2.89. The van der Waals surface area contributed by atoms with Crippen LogP contribution in [0.5, 0.6) is 0 Å². The molecule has 0 radical (unpaired) electrons. The van der Waals surface area contributed by atoms with Crippen molar-refractivity contribution in [1.82, 2.24) is 15.5 Å². The zero-order valence-electron chi connectivity index (χ0n) is 14.4. The Morgan fingerprint density at radius 3 is 2.72 bits per heavy atom. The molecule has 6 nitrogen and oxygen atoms in total. The second-order valence-corrected chi connectivity index (χ2v) is 5.87. The van der Waals surface area contributed by atoms with Crippen LogP contribution in [0.3, 0.4) is 0 Å². The van der Waals surface area contributed by atoms with E-state index in [-0.39, 0.29) is 18.4 Å². The van der Waals surface area contributed by atoms with Gasteiger partial charge in [-0.2, -0.15) is 4.98 Å². The Balaban J connectivity index is 1.50. The van der Waals surface area contributed by atoms with E-state index in [0.717, 1.165) is 12.0 Å². The van der Waals surface area contributed by atoms with Crippen LogP contribution < -0.4 is 5.32 Å². The number of carbonyl (C=O) groups excluding carboxylic acids is 1. The first-order valence-electron chi connectivity index (χ1n) is 8.40. The van der Waals surface area contributed by atoms with Crippen molar-refractivity contribution < 1.29 is 13.7 Å². The van der Waals surface area contributed by atoms with Gasteiger partial charge in [0.15, 0.2) is 5.76 Å². The smallest absolute Gasteiger partial charge is 0.238 e. The number of furan rings is 1. The predicted molar refractivity (Wildman–Crippen MR) is 92.7 cm³/mol. The van der Waals surface area contributed by atoms with Gasteiger partial charge in [0.1, 0.15) is 0 Å². The average Bonchev–Trinajstić information content (AvgIpc) is 3.31. The van der Waals surface area contributed by atoms with Gasteiger partial charge in [0.25, 0.3) is 0 Å². The summed E-state index contributed by atoms with van der Waals surface area (Å²) < 4.78 is 10.4. The molecule has 0 bridgehead atoms. The van der Waals surface area contributed by atoms with E-state index in [9.17, 15) is 4.79 Å². The van der Waals surface area contributed by atoms with E-state index in [2.05, 4.69) is 46.6 Å². The number of carbonyl (C=O) groups is 1. The van der Waals surface area contributed by atoms with Crippen LogP contribution in [0, 0.1) is 0 Å².